The van der Waals surface area contributed by atoms with E-state index in [2.05, 4.69) is 4.98 Å². The molecule has 4 aromatic rings. The fraction of sp³-hybridized carbons (Fsp3) is 0.312. The van der Waals surface area contributed by atoms with E-state index in [9.17, 15) is 14.7 Å². The van der Waals surface area contributed by atoms with Crippen molar-refractivity contribution in [1.29, 1.82) is 0 Å². The summed E-state index contributed by atoms with van der Waals surface area (Å²) in [5.41, 5.74) is 1.04. The Bertz CT molecular complexity index is 1520. The van der Waals surface area contributed by atoms with Gasteiger partial charge in [0.15, 0.2) is 0 Å². The van der Waals surface area contributed by atoms with Crippen molar-refractivity contribution in [3.63, 3.8) is 0 Å². The number of hydrogen-bond donors (Lipinski definition) is 2. The fourth-order valence-corrected chi connectivity index (χ4v) is 5.43. The second kappa shape index (κ2) is 12.1. The van der Waals surface area contributed by atoms with Gasteiger partial charge in [0.1, 0.15) is 23.2 Å². The van der Waals surface area contributed by atoms with E-state index in [1.165, 1.54) is 10.8 Å². The summed E-state index contributed by atoms with van der Waals surface area (Å²) in [7, 11) is 3.24. The zero-order chi connectivity index (χ0) is 29.0. The number of H-pyrrole nitrogens is 1. The highest BCUT2D eigenvalue weighted by atomic mass is 16.6. The predicted octanol–water partition coefficient (Wildman–Crippen LogP) is 3.39. The number of aryl methyl sites for hydroxylation is 1. The molecule has 1 fully saturated rings. The first-order chi connectivity index (χ1) is 19.9. The molecule has 5 rings (SSSR count). The Hall–Kier alpha value is -4.18. The Balaban J connectivity index is 1.58. The first-order valence-electron chi connectivity index (χ1n) is 13.5. The zero-order valence-electron chi connectivity index (χ0n) is 23.3. The molecule has 3 aromatic carbocycles. The highest BCUT2D eigenvalue weighted by Gasteiger charge is 2.45. The van der Waals surface area contributed by atoms with Crippen molar-refractivity contribution in [3.05, 3.63) is 128 Å². The molecule has 9 nitrogen and oxygen atoms in total. The molecule has 0 aliphatic carbocycles. The smallest absolute Gasteiger partial charge is 0.328 e. The van der Waals surface area contributed by atoms with E-state index in [4.69, 9.17) is 18.9 Å². The van der Waals surface area contributed by atoms with Gasteiger partial charge in [-0.15, -0.1) is 0 Å². The summed E-state index contributed by atoms with van der Waals surface area (Å²) in [6, 6.07) is 25.4. The van der Waals surface area contributed by atoms with E-state index in [-0.39, 0.29) is 13.2 Å². The maximum Gasteiger partial charge on any atom is 0.328 e. The summed E-state index contributed by atoms with van der Waals surface area (Å²) in [6.07, 6.45) is 0.334. The predicted molar refractivity (Wildman–Crippen MR) is 154 cm³/mol. The summed E-state index contributed by atoms with van der Waals surface area (Å²) in [5.74, 6) is 1.43. The van der Waals surface area contributed by atoms with Crippen LogP contribution in [0.3, 0.4) is 0 Å². The molecule has 0 bridgehead atoms. The van der Waals surface area contributed by atoms with E-state index in [1.807, 2.05) is 78.9 Å². The lowest BCUT2D eigenvalue weighted by Gasteiger charge is -2.39. The van der Waals surface area contributed by atoms with Gasteiger partial charge < -0.3 is 24.1 Å². The van der Waals surface area contributed by atoms with Crippen LogP contribution in [0.2, 0.25) is 0 Å². The van der Waals surface area contributed by atoms with Crippen molar-refractivity contribution in [2.24, 2.45) is 0 Å². The molecule has 0 saturated carbocycles. The van der Waals surface area contributed by atoms with Crippen molar-refractivity contribution >= 4 is 0 Å². The van der Waals surface area contributed by atoms with Gasteiger partial charge in [-0.05, 0) is 47.9 Å². The Morgan fingerprint density at radius 2 is 1.46 bits per heavy atom. The van der Waals surface area contributed by atoms with Crippen LogP contribution in [0, 0.1) is 6.92 Å². The molecule has 0 radical (unpaired) electrons. The first kappa shape index (κ1) is 28.4. The molecule has 0 unspecified atom stereocenters. The Labute approximate surface area is 237 Å². The second-order valence-electron chi connectivity index (χ2n) is 10.1. The normalized spacial score (nSPS) is 18.8. The molecular weight excluding hydrogens is 524 g/mol. The largest absolute Gasteiger partial charge is 0.497 e. The topological polar surface area (TPSA) is 112 Å². The molecule has 1 aromatic heterocycles. The van der Waals surface area contributed by atoms with Crippen molar-refractivity contribution in [1.82, 2.24) is 9.55 Å². The summed E-state index contributed by atoms with van der Waals surface area (Å²) in [5, 5.41) is 10.3. The van der Waals surface area contributed by atoms with E-state index in [1.54, 1.807) is 21.1 Å². The maximum atomic E-state index is 12.5. The van der Waals surface area contributed by atoms with E-state index >= 15 is 0 Å². The minimum atomic E-state index is -1.08. The average Bonchev–Trinajstić information content (AvgIpc) is 3.40. The molecule has 1 aliphatic rings. The third-order valence-electron chi connectivity index (χ3n) is 7.55. The fourth-order valence-electron chi connectivity index (χ4n) is 5.43. The van der Waals surface area contributed by atoms with Crippen molar-refractivity contribution in [2.75, 3.05) is 20.8 Å². The SMILES string of the molecule is COc1ccc(C(O[C@H]2C[C@@H](Cn3cc(C)c(=O)[nH]c3=O)O[C@@H]2CO)(c2ccccc2)c2ccc(OC)cc2)cc1. The molecular formula is C32H34N2O7. The number of aromatic nitrogens is 2. The van der Waals surface area contributed by atoms with Crippen LogP contribution < -0.4 is 20.7 Å². The number of nitrogens with zero attached hydrogens (tertiary/aromatic N) is 1. The molecule has 3 atom stereocenters. The minimum absolute atomic E-state index is 0.205. The van der Waals surface area contributed by atoms with Crippen LogP contribution in [0.5, 0.6) is 11.5 Å². The van der Waals surface area contributed by atoms with Crippen LogP contribution in [0.15, 0.2) is 94.6 Å². The van der Waals surface area contributed by atoms with Crippen LogP contribution in [-0.2, 0) is 21.6 Å². The lowest BCUT2D eigenvalue weighted by Crippen LogP contribution is -2.40. The van der Waals surface area contributed by atoms with Crippen LogP contribution in [0.25, 0.3) is 0 Å². The highest BCUT2D eigenvalue weighted by Crippen LogP contribution is 2.44. The molecule has 2 heterocycles. The summed E-state index contributed by atoms with van der Waals surface area (Å²) in [6.45, 7) is 1.58. The number of methoxy groups -OCH3 is 2. The van der Waals surface area contributed by atoms with Crippen LogP contribution in [-0.4, -0.2) is 53.8 Å². The van der Waals surface area contributed by atoms with Gasteiger partial charge in [-0.25, -0.2) is 4.79 Å². The number of aliphatic hydroxyl groups excluding tert-OH is 1. The van der Waals surface area contributed by atoms with Gasteiger partial charge in [-0.2, -0.15) is 0 Å². The quantitative estimate of drug-likeness (QED) is 0.287. The Kier molecular flexibility index (Phi) is 8.39. The molecule has 2 N–H and O–H groups in total. The molecule has 0 spiro atoms. The van der Waals surface area contributed by atoms with Crippen molar-refractivity contribution in [2.45, 2.75) is 43.8 Å². The number of nitrogens with one attached hydrogen (secondary N) is 1. The van der Waals surface area contributed by atoms with E-state index in [0.29, 0.717) is 23.5 Å². The van der Waals surface area contributed by atoms with Crippen molar-refractivity contribution in [3.8, 4) is 11.5 Å². The zero-order valence-corrected chi connectivity index (χ0v) is 23.3. The van der Waals surface area contributed by atoms with Crippen LogP contribution in [0.4, 0.5) is 0 Å². The van der Waals surface area contributed by atoms with Gasteiger partial charge in [0.2, 0.25) is 0 Å². The standard InChI is InChI=1S/C32H34N2O7/c1-21-18-34(31(37)33-30(21)36)19-27-17-28(29(20-35)40-27)41-32(22-7-5-4-6-8-22,23-9-13-25(38-2)14-10-23)24-11-15-26(39-3)16-12-24/h4-16,18,27-29,35H,17,19-20H2,1-3H3,(H,33,36,37)/t27-,28-,29+/m0/s1. The van der Waals surface area contributed by atoms with E-state index < -0.39 is 35.2 Å². The molecule has 1 saturated heterocycles. The van der Waals surface area contributed by atoms with Gasteiger partial charge in [0.25, 0.3) is 5.56 Å². The Morgan fingerprint density at radius 1 is 0.902 bits per heavy atom. The molecule has 214 valence electrons. The molecule has 9 heteroatoms. The third-order valence-corrected chi connectivity index (χ3v) is 7.55. The summed E-state index contributed by atoms with van der Waals surface area (Å²) in [4.78, 5) is 26.6. The second-order valence-corrected chi connectivity index (χ2v) is 10.1. The van der Waals surface area contributed by atoms with Gasteiger partial charge in [-0.1, -0.05) is 54.6 Å². The van der Waals surface area contributed by atoms with Crippen LogP contribution in [0.1, 0.15) is 28.7 Å². The molecule has 41 heavy (non-hydrogen) atoms. The number of ether oxygens (including phenoxy) is 4. The minimum Gasteiger partial charge on any atom is -0.497 e. The number of benzene rings is 3. The highest BCUT2D eigenvalue weighted by molar-refractivity contribution is 5.50. The van der Waals surface area contributed by atoms with E-state index in [0.717, 1.165) is 16.7 Å². The lowest BCUT2D eigenvalue weighted by atomic mass is 9.79. The number of rotatable bonds is 10. The van der Waals surface area contributed by atoms with Gasteiger partial charge in [-0.3, -0.25) is 14.3 Å². The summed E-state index contributed by atoms with van der Waals surface area (Å²) < 4.78 is 25.6. The molecule has 1 aliphatic heterocycles. The van der Waals surface area contributed by atoms with Gasteiger partial charge >= 0.3 is 5.69 Å². The number of hydrogen-bond acceptors (Lipinski definition) is 7. The maximum absolute atomic E-state index is 12.5. The van der Waals surface area contributed by atoms with Crippen LogP contribution >= 0.6 is 0 Å². The summed E-state index contributed by atoms with van der Waals surface area (Å²) >= 11 is 0. The molecule has 0 amide bonds. The number of aliphatic hydroxyl groups is 1. The first-order valence-corrected chi connectivity index (χ1v) is 13.5. The number of aromatic amines is 1. The van der Waals surface area contributed by atoms with Gasteiger partial charge in [0.05, 0.1) is 39.6 Å². The van der Waals surface area contributed by atoms with Crippen molar-refractivity contribution < 1.29 is 24.1 Å². The third kappa shape index (κ3) is 5.69. The Morgan fingerprint density at radius 3 is 2.00 bits per heavy atom. The monoisotopic (exact) mass is 558 g/mol. The average molecular weight is 559 g/mol. The lowest BCUT2D eigenvalue weighted by molar-refractivity contribution is -0.0949. The van der Waals surface area contributed by atoms with Gasteiger partial charge in [0, 0.05) is 18.2 Å².